The summed E-state index contributed by atoms with van der Waals surface area (Å²) in [6.07, 6.45) is 4.27. The van der Waals surface area contributed by atoms with Crippen molar-refractivity contribution in [3.8, 4) is 11.3 Å². The molecule has 0 saturated heterocycles. The van der Waals surface area contributed by atoms with Gasteiger partial charge < -0.3 is 15.4 Å². The smallest absolute Gasteiger partial charge is 0.329 e. The summed E-state index contributed by atoms with van der Waals surface area (Å²) in [5.41, 5.74) is 0.833. The standard InChI is InChI=1S/C17H21N3O3S/c1-10-3-5-17(6-4-10,16(22)23)20-15(21)13-7-12(8-18-13)14-9-24-11(2)19-14/h7-10,18H,3-6H2,1-2H3,(H,20,21)(H,22,23). The number of aliphatic carboxylic acids is 1. The predicted octanol–water partition coefficient (Wildman–Crippen LogP) is 3.21. The van der Waals surface area contributed by atoms with E-state index in [0.717, 1.165) is 29.1 Å². The molecule has 24 heavy (non-hydrogen) atoms. The molecule has 128 valence electrons. The maximum absolute atomic E-state index is 12.5. The molecule has 0 bridgehead atoms. The lowest BCUT2D eigenvalue weighted by molar-refractivity contribution is -0.146. The first-order chi connectivity index (χ1) is 11.4. The number of hydrogen-bond acceptors (Lipinski definition) is 4. The molecule has 2 aromatic rings. The number of aryl methyl sites for hydroxylation is 1. The molecule has 0 unspecified atom stereocenters. The SMILES string of the molecule is Cc1nc(-c2c[nH]c(C(=O)NC3(C(=O)O)CCC(C)CC3)c2)cs1. The number of nitrogens with one attached hydrogen (secondary N) is 2. The topological polar surface area (TPSA) is 95.1 Å². The van der Waals surface area contributed by atoms with Crippen LogP contribution in [0.2, 0.25) is 0 Å². The van der Waals surface area contributed by atoms with Crippen LogP contribution in [-0.4, -0.2) is 32.5 Å². The zero-order chi connectivity index (χ0) is 17.3. The van der Waals surface area contributed by atoms with Crippen molar-refractivity contribution in [3.05, 3.63) is 28.3 Å². The van der Waals surface area contributed by atoms with E-state index in [4.69, 9.17) is 0 Å². The maximum atomic E-state index is 12.5. The number of rotatable bonds is 4. The quantitative estimate of drug-likeness (QED) is 0.791. The zero-order valence-electron chi connectivity index (χ0n) is 13.8. The minimum Gasteiger partial charge on any atom is -0.480 e. The molecular weight excluding hydrogens is 326 g/mol. The van der Waals surface area contributed by atoms with Gasteiger partial charge in [-0.2, -0.15) is 0 Å². The molecule has 1 fully saturated rings. The number of carboxylic acids is 1. The van der Waals surface area contributed by atoms with E-state index >= 15 is 0 Å². The molecule has 3 rings (SSSR count). The first kappa shape index (κ1) is 16.7. The number of nitrogens with zero attached hydrogens (tertiary/aromatic N) is 1. The Morgan fingerprint density at radius 1 is 1.42 bits per heavy atom. The minimum absolute atomic E-state index is 0.356. The molecule has 3 N–H and O–H groups in total. The summed E-state index contributed by atoms with van der Waals surface area (Å²) >= 11 is 1.55. The van der Waals surface area contributed by atoms with Gasteiger partial charge in [0, 0.05) is 17.1 Å². The average Bonchev–Trinajstić information content (AvgIpc) is 3.18. The van der Waals surface area contributed by atoms with Gasteiger partial charge in [0.2, 0.25) is 0 Å². The summed E-state index contributed by atoms with van der Waals surface area (Å²) in [6.45, 7) is 4.04. The lowest BCUT2D eigenvalue weighted by Crippen LogP contribution is -2.56. The third-order valence-corrected chi connectivity index (χ3v) is 5.51. The Hall–Kier alpha value is -2.15. The number of hydrogen-bond donors (Lipinski definition) is 3. The first-order valence-corrected chi connectivity index (χ1v) is 8.94. The summed E-state index contributed by atoms with van der Waals surface area (Å²) in [5, 5.41) is 15.3. The molecule has 7 heteroatoms. The highest BCUT2D eigenvalue weighted by Gasteiger charge is 2.42. The Bertz CT molecular complexity index is 757. The number of aromatic amines is 1. The van der Waals surface area contributed by atoms with Crippen molar-refractivity contribution in [1.82, 2.24) is 15.3 Å². The van der Waals surface area contributed by atoms with Crippen LogP contribution in [0.4, 0.5) is 0 Å². The van der Waals surface area contributed by atoms with Crippen molar-refractivity contribution in [3.63, 3.8) is 0 Å². The van der Waals surface area contributed by atoms with Crippen LogP contribution in [-0.2, 0) is 4.79 Å². The molecule has 0 atom stereocenters. The van der Waals surface area contributed by atoms with E-state index in [1.165, 1.54) is 0 Å². The fourth-order valence-corrected chi connectivity index (χ4v) is 3.72. The Balaban J connectivity index is 1.76. The number of H-pyrrole nitrogens is 1. The summed E-state index contributed by atoms with van der Waals surface area (Å²) in [6, 6.07) is 1.71. The van der Waals surface area contributed by atoms with E-state index < -0.39 is 11.5 Å². The monoisotopic (exact) mass is 347 g/mol. The van der Waals surface area contributed by atoms with Crippen molar-refractivity contribution < 1.29 is 14.7 Å². The van der Waals surface area contributed by atoms with E-state index in [1.54, 1.807) is 23.6 Å². The van der Waals surface area contributed by atoms with Crippen LogP contribution in [0, 0.1) is 12.8 Å². The second-order valence-electron chi connectivity index (χ2n) is 6.58. The normalized spacial score (nSPS) is 23.8. The molecule has 2 heterocycles. The fraction of sp³-hybridized carbons (Fsp3) is 0.471. The van der Waals surface area contributed by atoms with E-state index in [0.29, 0.717) is 24.5 Å². The molecule has 6 nitrogen and oxygen atoms in total. The fourth-order valence-electron chi connectivity index (χ4n) is 3.10. The Labute approximate surface area is 144 Å². The number of aromatic nitrogens is 2. The summed E-state index contributed by atoms with van der Waals surface area (Å²) in [5.74, 6) is -0.839. The molecule has 0 aliphatic heterocycles. The summed E-state index contributed by atoms with van der Waals surface area (Å²) in [7, 11) is 0. The average molecular weight is 347 g/mol. The van der Waals surface area contributed by atoms with Crippen LogP contribution < -0.4 is 5.32 Å². The third kappa shape index (κ3) is 3.21. The van der Waals surface area contributed by atoms with E-state index in [9.17, 15) is 14.7 Å². The lowest BCUT2D eigenvalue weighted by Gasteiger charge is -2.36. The molecular formula is C17H21N3O3S. The van der Waals surface area contributed by atoms with E-state index in [2.05, 4.69) is 22.2 Å². The van der Waals surface area contributed by atoms with Gasteiger partial charge in [0.25, 0.3) is 5.91 Å². The highest BCUT2D eigenvalue weighted by atomic mass is 32.1. The van der Waals surface area contributed by atoms with Crippen LogP contribution in [0.3, 0.4) is 0 Å². The van der Waals surface area contributed by atoms with Gasteiger partial charge in [-0.25, -0.2) is 9.78 Å². The van der Waals surface area contributed by atoms with Crippen LogP contribution in [0.25, 0.3) is 11.3 Å². The summed E-state index contributed by atoms with van der Waals surface area (Å²) < 4.78 is 0. The van der Waals surface area contributed by atoms with Crippen molar-refractivity contribution >= 4 is 23.2 Å². The predicted molar refractivity (Wildman–Crippen MR) is 92.1 cm³/mol. The number of carboxylic acid groups (broad SMARTS) is 1. The van der Waals surface area contributed by atoms with Crippen LogP contribution in [0.5, 0.6) is 0 Å². The van der Waals surface area contributed by atoms with Gasteiger partial charge in [0.1, 0.15) is 11.2 Å². The maximum Gasteiger partial charge on any atom is 0.329 e. The molecule has 0 radical (unpaired) electrons. The number of amides is 1. The second-order valence-corrected chi connectivity index (χ2v) is 7.64. The van der Waals surface area contributed by atoms with Crippen molar-refractivity contribution in [2.24, 2.45) is 5.92 Å². The lowest BCUT2D eigenvalue weighted by atomic mass is 9.77. The minimum atomic E-state index is -1.16. The van der Waals surface area contributed by atoms with Gasteiger partial charge in [-0.1, -0.05) is 6.92 Å². The Kier molecular flexibility index (Phi) is 4.45. The van der Waals surface area contributed by atoms with Crippen LogP contribution in [0.1, 0.15) is 48.1 Å². The molecule has 1 aliphatic rings. The highest BCUT2D eigenvalue weighted by Crippen LogP contribution is 2.32. The van der Waals surface area contributed by atoms with Crippen molar-refractivity contribution in [1.29, 1.82) is 0 Å². The van der Waals surface area contributed by atoms with Crippen molar-refractivity contribution in [2.75, 3.05) is 0 Å². The molecule has 1 aliphatic carbocycles. The van der Waals surface area contributed by atoms with Gasteiger partial charge in [-0.3, -0.25) is 4.79 Å². The zero-order valence-corrected chi connectivity index (χ0v) is 14.6. The van der Waals surface area contributed by atoms with E-state index in [-0.39, 0.29) is 5.91 Å². The molecule has 1 saturated carbocycles. The van der Waals surface area contributed by atoms with Gasteiger partial charge in [-0.05, 0) is 44.6 Å². The molecule has 1 amide bonds. The Morgan fingerprint density at radius 3 is 2.71 bits per heavy atom. The third-order valence-electron chi connectivity index (χ3n) is 4.73. The van der Waals surface area contributed by atoms with Gasteiger partial charge in [0.05, 0.1) is 10.7 Å². The Morgan fingerprint density at radius 2 is 2.12 bits per heavy atom. The number of thiazole rings is 1. The number of carbonyl (C=O) groups excluding carboxylic acids is 1. The molecule has 0 spiro atoms. The first-order valence-electron chi connectivity index (χ1n) is 8.06. The van der Waals surface area contributed by atoms with Gasteiger partial charge in [0.15, 0.2) is 0 Å². The largest absolute Gasteiger partial charge is 0.480 e. The van der Waals surface area contributed by atoms with Crippen LogP contribution >= 0.6 is 11.3 Å². The van der Waals surface area contributed by atoms with E-state index in [1.807, 2.05) is 12.3 Å². The number of carbonyl (C=O) groups is 2. The van der Waals surface area contributed by atoms with Crippen molar-refractivity contribution in [2.45, 2.75) is 45.1 Å². The van der Waals surface area contributed by atoms with Crippen LogP contribution in [0.15, 0.2) is 17.6 Å². The molecule has 0 aromatic carbocycles. The molecule has 2 aromatic heterocycles. The van der Waals surface area contributed by atoms with Gasteiger partial charge >= 0.3 is 5.97 Å². The highest BCUT2D eigenvalue weighted by molar-refractivity contribution is 7.09. The van der Waals surface area contributed by atoms with Gasteiger partial charge in [-0.15, -0.1) is 11.3 Å². The second kappa shape index (κ2) is 6.39. The summed E-state index contributed by atoms with van der Waals surface area (Å²) in [4.78, 5) is 31.6.